The first-order valence-electron chi connectivity index (χ1n) is 6.03. The largest absolute Gasteiger partial charge is 0.324 e. The number of anilines is 1. The summed E-state index contributed by atoms with van der Waals surface area (Å²) in [5.41, 5.74) is 0.131. The van der Waals surface area contributed by atoms with Gasteiger partial charge in [0.15, 0.2) is 11.6 Å². The van der Waals surface area contributed by atoms with Crippen molar-refractivity contribution in [2.24, 2.45) is 5.92 Å². The topological polar surface area (TPSA) is 29.1 Å². The molecule has 0 aromatic heterocycles. The molecule has 1 aromatic carbocycles. The summed E-state index contributed by atoms with van der Waals surface area (Å²) in [5.74, 6) is -2.25. The molecule has 1 aromatic rings. The summed E-state index contributed by atoms with van der Waals surface area (Å²) in [6, 6.07) is 1.78. The number of nitrogens with one attached hydrogen (secondary N) is 1. The molecular formula is C13H14ClF2NO. The van der Waals surface area contributed by atoms with Crippen molar-refractivity contribution < 1.29 is 13.6 Å². The van der Waals surface area contributed by atoms with Crippen LogP contribution in [0.5, 0.6) is 0 Å². The Labute approximate surface area is 109 Å². The fourth-order valence-corrected chi connectivity index (χ4v) is 2.42. The summed E-state index contributed by atoms with van der Waals surface area (Å²) in [6.45, 7) is 0. The van der Waals surface area contributed by atoms with Gasteiger partial charge in [0, 0.05) is 12.0 Å². The second-order valence-electron chi connectivity index (χ2n) is 4.57. The van der Waals surface area contributed by atoms with Gasteiger partial charge in [0.05, 0.1) is 10.7 Å². The van der Waals surface area contributed by atoms with Crippen molar-refractivity contribution in [3.8, 4) is 0 Å². The highest BCUT2D eigenvalue weighted by Crippen LogP contribution is 2.28. The lowest BCUT2D eigenvalue weighted by Gasteiger charge is -2.21. The van der Waals surface area contributed by atoms with E-state index in [2.05, 4.69) is 5.32 Å². The number of amides is 1. The van der Waals surface area contributed by atoms with Crippen LogP contribution in [0.4, 0.5) is 14.5 Å². The van der Waals surface area contributed by atoms with Gasteiger partial charge >= 0.3 is 0 Å². The minimum absolute atomic E-state index is 0.0121. The predicted octanol–water partition coefficient (Wildman–Crippen LogP) is 4.14. The van der Waals surface area contributed by atoms with E-state index in [1.807, 2.05) is 0 Å². The molecule has 5 heteroatoms. The summed E-state index contributed by atoms with van der Waals surface area (Å²) >= 11 is 5.76. The Hall–Kier alpha value is -1.16. The highest BCUT2D eigenvalue weighted by Gasteiger charge is 2.22. The minimum atomic E-state index is -1.02. The second kappa shape index (κ2) is 5.65. The van der Waals surface area contributed by atoms with Crippen molar-refractivity contribution in [2.45, 2.75) is 32.1 Å². The molecule has 2 rings (SSSR count). The fraction of sp³-hybridized carbons (Fsp3) is 0.462. The Bertz CT molecular complexity index is 459. The lowest BCUT2D eigenvalue weighted by molar-refractivity contribution is -0.120. The second-order valence-corrected chi connectivity index (χ2v) is 4.98. The van der Waals surface area contributed by atoms with E-state index in [-0.39, 0.29) is 22.5 Å². The van der Waals surface area contributed by atoms with E-state index in [1.165, 1.54) is 0 Å². The third kappa shape index (κ3) is 2.99. The zero-order chi connectivity index (χ0) is 13.1. The number of carbonyl (C=O) groups excluding carboxylic acids is 1. The molecule has 1 saturated carbocycles. The van der Waals surface area contributed by atoms with Crippen LogP contribution >= 0.6 is 11.6 Å². The molecule has 2 nitrogen and oxygen atoms in total. The molecule has 0 unspecified atom stereocenters. The van der Waals surface area contributed by atoms with Crippen molar-refractivity contribution in [1.29, 1.82) is 0 Å². The van der Waals surface area contributed by atoms with E-state index in [1.54, 1.807) is 0 Å². The average molecular weight is 274 g/mol. The van der Waals surface area contributed by atoms with Gasteiger partial charge in [-0.2, -0.15) is 0 Å². The third-order valence-corrected chi connectivity index (χ3v) is 3.56. The van der Waals surface area contributed by atoms with Crippen LogP contribution in [0, 0.1) is 17.6 Å². The molecule has 0 spiro atoms. The first-order valence-corrected chi connectivity index (χ1v) is 6.41. The van der Waals surface area contributed by atoms with Crippen molar-refractivity contribution in [1.82, 2.24) is 0 Å². The summed E-state index contributed by atoms with van der Waals surface area (Å²) in [4.78, 5) is 11.9. The van der Waals surface area contributed by atoms with Crippen LogP contribution in [0.3, 0.4) is 0 Å². The summed E-state index contributed by atoms with van der Waals surface area (Å²) in [6.07, 6.45) is 4.89. The number of hydrogen-bond acceptors (Lipinski definition) is 1. The standard InChI is InChI=1S/C13H14ClF2NO/c14-9-6-10(15)11(16)7-12(9)17-13(18)8-4-2-1-3-5-8/h6-8H,1-5H2,(H,17,18). The molecule has 1 aliphatic carbocycles. The molecule has 98 valence electrons. The Morgan fingerprint density at radius 1 is 1.17 bits per heavy atom. The normalized spacial score (nSPS) is 16.6. The van der Waals surface area contributed by atoms with E-state index in [0.717, 1.165) is 44.2 Å². The van der Waals surface area contributed by atoms with E-state index in [9.17, 15) is 13.6 Å². The molecule has 1 fully saturated rings. The van der Waals surface area contributed by atoms with Gasteiger partial charge in [0.25, 0.3) is 0 Å². The molecule has 0 saturated heterocycles. The van der Waals surface area contributed by atoms with E-state index >= 15 is 0 Å². The van der Waals surface area contributed by atoms with E-state index in [0.29, 0.717) is 0 Å². The molecule has 0 bridgehead atoms. The predicted molar refractivity (Wildman–Crippen MR) is 66.6 cm³/mol. The van der Waals surface area contributed by atoms with Crippen LogP contribution in [0.15, 0.2) is 12.1 Å². The smallest absolute Gasteiger partial charge is 0.227 e. The first kappa shape index (κ1) is 13.3. The van der Waals surface area contributed by atoms with Crippen LogP contribution in [0.25, 0.3) is 0 Å². The molecule has 0 atom stereocenters. The Kier molecular flexibility index (Phi) is 4.17. The number of benzene rings is 1. The highest BCUT2D eigenvalue weighted by molar-refractivity contribution is 6.33. The van der Waals surface area contributed by atoms with Gasteiger partial charge in [-0.1, -0.05) is 30.9 Å². The molecule has 0 aliphatic heterocycles. The van der Waals surface area contributed by atoms with Gasteiger partial charge in [-0.25, -0.2) is 8.78 Å². The van der Waals surface area contributed by atoms with Crippen molar-refractivity contribution >= 4 is 23.2 Å². The lowest BCUT2D eigenvalue weighted by Crippen LogP contribution is -2.24. The Morgan fingerprint density at radius 3 is 2.44 bits per heavy atom. The number of rotatable bonds is 2. The maximum Gasteiger partial charge on any atom is 0.227 e. The number of hydrogen-bond donors (Lipinski definition) is 1. The highest BCUT2D eigenvalue weighted by atomic mass is 35.5. The quantitative estimate of drug-likeness (QED) is 0.806. The maximum atomic E-state index is 13.1. The van der Waals surface area contributed by atoms with Gasteiger partial charge in [0.2, 0.25) is 5.91 Å². The SMILES string of the molecule is O=C(Nc1cc(F)c(F)cc1Cl)C1CCCCC1. The monoisotopic (exact) mass is 273 g/mol. The molecule has 1 amide bonds. The van der Waals surface area contributed by atoms with Gasteiger partial charge in [-0.15, -0.1) is 0 Å². The summed E-state index contributed by atoms with van der Waals surface area (Å²) in [7, 11) is 0. The lowest BCUT2D eigenvalue weighted by atomic mass is 9.88. The first-order chi connectivity index (χ1) is 8.58. The summed E-state index contributed by atoms with van der Waals surface area (Å²) in [5, 5.41) is 2.58. The average Bonchev–Trinajstić information content (AvgIpc) is 2.37. The fourth-order valence-electron chi connectivity index (χ4n) is 2.22. The van der Waals surface area contributed by atoms with Crippen molar-refractivity contribution in [3.05, 3.63) is 28.8 Å². The molecule has 1 aliphatic rings. The molecule has 18 heavy (non-hydrogen) atoms. The van der Waals surface area contributed by atoms with Gasteiger partial charge < -0.3 is 5.32 Å². The molecular weight excluding hydrogens is 260 g/mol. The van der Waals surface area contributed by atoms with E-state index < -0.39 is 11.6 Å². The van der Waals surface area contributed by atoms with E-state index in [4.69, 9.17) is 11.6 Å². The Morgan fingerprint density at radius 2 is 1.78 bits per heavy atom. The third-order valence-electron chi connectivity index (χ3n) is 3.24. The molecule has 0 radical (unpaired) electrons. The summed E-state index contributed by atoms with van der Waals surface area (Å²) < 4.78 is 25.9. The molecule has 1 N–H and O–H groups in total. The van der Waals surface area contributed by atoms with Crippen LogP contribution in [0.1, 0.15) is 32.1 Å². The van der Waals surface area contributed by atoms with Crippen LogP contribution < -0.4 is 5.32 Å². The minimum Gasteiger partial charge on any atom is -0.324 e. The van der Waals surface area contributed by atoms with Crippen LogP contribution in [0.2, 0.25) is 5.02 Å². The number of carbonyl (C=O) groups is 1. The van der Waals surface area contributed by atoms with Gasteiger partial charge in [0.1, 0.15) is 0 Å². The van der Waals surface area contributed by atoms with Crippen molar-refractivity contribution in [2.75, 3.05) is 5.32 Å². The molecule has 0 heterocycles. The van der Waals surface area contributed by atoms with Crippen molar-refractivity contribution in [3.63, 3.8) is 0 Å². The maximum absolute atomic E-state index is 13.1. The Balaban J connectivity index is 2.08. The van der Waals surface area contributed by atoms with Crippen LogP contribution in [-0.2, 0) is 4.79 Å². The number of halogens is 3. The van der Waals surface area contributed by atoms with Gasteiger partial charge in [-0.3, -0.25) is 4.79 Å². The van der Waals surface area contributed by atoms with Crippen LogP contribution in [-0.4, -0.2) is 5.91 Å². The zero-order valence-corrected chi connectivity index (χ0v) is 10.6. The van der Waals surface area contributed by atoms with Gasteiger partial charge in [-0.05, 0) is 18.9 Å². The zero-order valence-electron chi connectivity index (χ0n) is 9.81.